The van der Waals surface area contributed by atoms with Crippen molar-refractivity contribution in [3.05, 3.63) is 24.0 Å². The molecular weight excluding hydrogens is 304 g/mol. The number of carbonyl (C=O) groups is 1. The molecule has 0 aromatic carbocycles. The minimum atomic E-state index is -0.270. The van der Waals surface area contributed by atoms with E-state index in [4.69, 9.17) is 14.2 Å². The maximum absolute atomic E-state index is 12.5. The highest BCUT2D eigenvalue weighted by Crippen LogP contribution is 2.67. The summed E-state index contributed by atoms with van der Waals surface area (Å²) in [5.74, 6) is 0.876. The molecule has 1 saturated heterocycles. The van der Waals surface area contributed by atoms with Gasteiger partial charge in [0, 0.05) is 16.9 Å². The van der Waals surface area contributed by atoms with Gasteiger partial charge in [-0.1, -0.05) is 26.8 Å². The second kappa shape index (κ2) is 4.66. The maximum Gasteiger partial charge on any atom is 0.309 e. The molecule has 0 aromatic rings. The first-order valence-corrected chi connectivity index (χ1v) is 9.32. The molecule has 0 amide bonds. The van der Waals surface area contributed by atoms with Gasteiger partial charge in [-0.15, -0.1) is 0 Å². The fraction of sp³-hybridized carbons (Fsp3) is 0.750. The van der Waals surface area contributed by atoms with Crippen LogP contribution in [-0.4, -0.2) is 24.5 Å². The lowest BCUT2D eigenvalue weighted by atomic mass is 9.43. The summed E-state index contributed by atoms with van der Waals surface area (Å²) in [5, 5.41) is 0. The molecule has 5 aliphatic rings. The van der Waals surface area contributed by atoms with Crippen LogP contribution in [0.2, 0.25) is 0 Å². The van der Waals surface area contributed by atoms with E-state index < -0.39 is 0 Å². The molecule has 3 heterocycles. The van der Waals surface area contributed by atoms with Gasteiger partial charge in [0.05, 0.1) is 18.3 Å². The van der Waals surface area contributed by atoms with E-state index in [-0.39, 0.29) is 41.2 Å². The second-order valence-corrected chi connectivity index (χ2v) is 8.90. The van der Waals surface area contributed by atoms with Crippen LogP contribution >= 0.6 is 0 Å². The lowest BCUT2D eigenvalue weighted by molar-refractivity contribution is -0.226. The Kier molecular flexibility index (Phi) is 2.91. The van der Waals surface area contributed by atoms with Crippen LogP contribution in [0.4, 0.5) is 0 Å². The van der Waals surface area contributed by atoms with Crippen LogP contribution in [0.15, 0.2) is 24.0 Å². The normalized spacial score (nSPS) is 57.0. The molecule has 2 aliphatic carbocycles. The van der Waals surface area contributed by atoms with E-state index in [0.29, 0.717) is 11.8 Å². The zero-order chi connectivity index (χ0) is 16.7. The molecular formula is C20H26O4. The van der Waals surface area contributed by atoms with E-state index in [2.05, 4.69) is 26.8 Å². The van der Waals surface area contributed by atoms with Crippen molar-refractivity contribution >= 4 is 5.97 Å². The summed E-state index contributed by atoms with van der Waals surface area (Å²) in [4.78, 5) is 12.5. The Bertz CT molecular complexity index is 652. The highest BCUT2D eigenvalue weighted by molar-refractivity contribution is 5.76. The van der Waals surface area contributed by atoms with Gasteiger partial charge >= 0.3 is 5.97 Å². The van der Waals surface area contributed by atoms with Crippen LogP contribution in [0.3, 0.4) is 0 Å². The van der Waals surface area contributed by atoms with E-state index in [1.807, 2.05) is 6.08 Å². The minimum absolute atomic E-state index is 0.0227. The smallest absolute Gasteiger partial charge is 0.309 e. The summed E-state index contributed by atoms with van der Waals surface area (Å²) in [6.45, 7) is 7.02. The van der Waals surface area contributed by atoms with Crippen LogP contribution in [-0.2, 0) is 19.0 Å². The first-order chi connectivity index (χ1) is 11.4. The van der Waals surface area contributed by atoms with Crippen molar-refractivity contribution in [1.29, 1.82) is 0 Å². The quantitative estimate of drug-likeness (QED) is 0.637. The number of allylic oxidation sites excluding steroid dienone is 1. The summed E-state index contributed by atoms with van der Waals surface area (Å²) in [6, 6.07) is 0. The largest absolute Gasteiger partial charge is 0.468 e. The van der Waals surface area contributed by atoms with E-state index in [1.165, 1.54) is 0 Å². The molecule has 0 bridgehead atoms. The SMILES string of the molecule is C[C@@H]1C[C@@H]2OC(=O)[C@@H]3CC[C@H]4O[C@H]5OC=C/C5=C/C[C@]1(C)[C@@H]4[C@]23C. The average Bonchev–Trinajstić information content (AvgIpc) is 3.05. The number of fused-ring (bicyclic) bond motifs is 1. The van der Waals surface area contributed by atoms with Crippen molar-refractivity contribution in [3.63, 3.8) is 0 Å². The number of hydrogen-bond acceptors (Lipinski definition) is 4. The lowest BCUT2D eigenvalue weighted by Crippen LogP contribution is -2.62. The van der Waals surface area contributed by atoms with E-state index in [1.54, 1.807) is 6.26 Å². The summed E-state index contributed by atoms with van der Waals surface area (Å²) < 4.78 is 18.0. The van der Waals surface area contributed by atoms with Crippen molar-refractivity contribution in [1.82, 2.24) is 0 Å². The molecule has 0 spiro atoms. The first-order valence-electron chi connectivity index (χ1n) is 9.32. The molecule has 3 aliphatic heterocycles. The van der Waals surface area contributed by atoms with Gasteiger partial charge in [-0.2, -0.15) is 0 Å². The van der Waals surface area contributed by atoms with Crippen LogP contribution in [0.1, 0.15) is 46.5 Å². The third kappa shape index (κ3) is 1.66. The Morgan fingerprint density at radius 1 is 1.25 bits per heavy atom. The molecule has 130 valence electrons. The zero-order valence-corrected chi connectivity index (χ0v) is 14.7. The van der Waals surface area contributed by atoms with E-state index in [9.17, 15) is 4.79 Å². The number of esters is 1. The van der Waals surface area contributed by atoms with Crippen LogP contribution in [0, 0.1) is 28.6 Å². The second-order valence-electron chi connectivity index (χ2n) is 8.90. The molecule has 0 unspecified atom stereocenters. The fourth-order valence-electron chi connectivity index (χ4n) is 6.50. The topological polar surface area (TPSA) is 44.8 Å². The predicted octanol–water partition coefficient (Wildman–Crippen LogP) is 3.58. The monoisotopic (exact) mass is 330 g/mol. The molecule has 2 saturated carbocycles. The van der Waals surface area contributed by atoms with Gasteiger partial charge in [-0.3, -0.25) is 4.79 Å². The molecule has 24 heavy (non-hydrogen) atoms. The summed E-state index contributed by atoms with van der Waals surface area (Å²) in [7, 11) is 0. The molecule has 4 heteroatoms. The molecule has 0 radical (unpaired) electrons. The minimum Gasteiger partial charge on any atom is -0.468 e. The lowest BCUT2D eigenvalue weighted by Gasteiger charge is -2.61. The fourth-order valence-corrected chi connectivity index (χ4v) is 6.50. The Balaban J connectivity index is 1.65. The van der Waals surface area contributed by atoms with E-state index >= 15 is 0 Å². The Labute approximate surface area is 143 Å². The van der Waals surface area contributed by atoms with Crippen molar-refractivity contribution in [2.45, 2.75) is 65.0 Å². The van der Waals surface area contributed by atoms with Crippen molar-refractivity contribution in [2.24, 2.45) is 28.6 Å². The van der Waals surface area contributed by atoms with Gasteiger partial charge in [0.2, 0.25) is 6.29 Å². The third-order valence-electron chi connectivity index (χ3n) is 7.98. The van der Waals surface area contributed by atoms with Crippen molar-refractivity contribution < 1.29 is 19.0 Å². The third-order valence-corrected chi connectivity index (χ3v) is 7.98. The number of carbonyl (C=O) groups excluding carboxylic acids is 1. The zero-order valence-electron chi connectivity index (χ0n) is 14.7. The molecule has 8 atom stereocenters. The van der Waals surface area contributed by atoms with Gasteiger partial charge in [0.25, 0.3) is 0 Å². The van der Waals surface area contributed by atoms with Gasteiger partial charge < -0.3 is 14.2 Å². The standard InChI is InChI=1S/C20H26O4/c1-11-10-15-20(3)13(17(21)24-15)4-5-14-16(20)19(11,2)8-6-12-7-9-22-18(12)23-14/h6-7,9,11,13-16,18H,4-5,8,10H2,1-3H3/b12-6-/t11-,13+,14-,15+,16-,18-,19+,20+/m1/s1. The highest BCUT2D eigenvalue weighted by Gasteiger charge is 2.69. The summed E-state index contributed by atoms with van der Waals surface area (Å²) >= 11 is 0. The predicted molar refractivity (Wildman–Crippen MR) is 87.7 cm³/mol. The van der Waals surface area contributed by atoms with Gasteiger partial charge in [-0.05, 0) is 43.1 Å². The van der Waals surface area contributed by atoms with Crippen LogP contribution in [0.25, 0.3) is 0 Å². The summed E-state index contributed by atoms with van der Waals surface area (Å²) in [6.07, 6.45) is 9.75. The van der Waals surface area contributed by atoms with Gasteiger partial charge in [0.1, 0.15) is 6.10 Å². The first kappa shape index (κ1) is 15.0. The van der Waals surface area contributed by atoms with Gasteiger partial charge in [0.15, 0.2) is 0 Å². The van der Waals surface area contributed by atoms with Crippen molar-refractivity contribution in [2.75, 3.05) is 0 Å². The number of rotatable bonds is 0. The van der Waals surface area contributed by atoms with E-state index in [0.717, 1.165) is 31.3 Å². The Morgan fingerprint density at radius 2 is 2.08 bits per heavy atom. The Hall–Kier alpha value is -1.29. The van der Waals surface area contributed by atoms with Crippen LogP contribution < -0.4 is 0 Å². The number of hydrogen-bond donors (Lipinski definition) is 0. The summed E-state index contributed by atoms with van der Waals surface area (Å²) in [5.41, 5.74) is 1.16. The van der Waals surface area contributed by atoms with Crippen LogP contribution in [0.5, 0.6) is 0 Å². The number of ether oxygens (including phenoxy) is 3. The van der Waals surface area contributed by atoms with Crippen molar-refractivity contribution in [3.8, 4) is 0 Å². The average molecular weight is 330 g/mol. The Morgan fingerprint density at radius 3 is 2.92 bits per heavy atom. The maximum atomic E-state index is 12.5. The molecule has 5 rings (SSSR count). The molecule has 3 fully saturated rings. The molecule has 0 N–H and O–H groups in total. The molecule has 4 nitrogen and oxygen atoms in total. The molecule has 0 aromatic heterocycles. The highest BCUT2D eigenvalue weighted by atomic mass is 16.7. The van der Waals surface area contributed by atoms with Gasteiger partial charge in [-0.25, -0.2) is 0 Å².